The molecule has 7 nitrogen and oxygen atoms in total. The van der Waals surface area contributed by atoms with E-state index in [4.69, 9.17) is 9.97 Å². The van der Waals surface area contributed by atoms with Crippen molar-refractivity contribution in [2.45, 2.75) is 51.7 Å². The van der Waals surface area contributed by atoms with Gasteiger partial charge in [-0.15, -0.1) is 0 Å². The summed E-state index contributed by atoms with van der Waals surface area (Å²) in [7, 11) is 2.18. The van der Waals surface area contributed by atoms with Gasteiger partial charge in [0.25, 0.3) is 0 Å². The van der Waals surface area contributed by atoms with Crippen LogP contribution in [0.5, 0.6) is 0 Å². The molecule has 3 aromatic heterocycles. The van der Waals surface area contributed by atoms with Gasteiger partial charge < -0.3 is 10.2 Å². The fourth-order valence-electron chi connectivity index (χ4n) is 4.09. The zero-order valence-electron chi connectivity index (χ0n) is 19.4. The summed E-state index contributed by atoms with van der Waals surface area (Å²) in [5, 5.41) is 9.13. The fourth-order valence-corrected chi connectivity index (χ4v) is 4.09. The molecule has 5 rings (SSSR count). The molecule has 1 aromatic carbocycles. The molecule has 0 bridgehead atoms. The number of anilines is 1. The lowest BCUT2D eigenvalue weighted by atomic mass is 10.1. The second-order valence-corrected chi connectivity index (χ2v) is 8.95. The van der Waals surface area contributed by atoms with Gasteiger partial charge in [-0.25, -0.2) is 14.6 Å². The minimum absolute atomic E-state index is 0.455. The monoisotopic (exact) mass is 441 g/mol. The van der Waals surface area contributed by atoms with E-state index in [2.05, 4.69) is 63.2 Å². The predicted octanol–water partition coefficient (Wildman–Crippen LogP) is 5.07. The van der Waals surface area contributed by atoms with Gasteiger partial charge in [0.15, 0.2) is 11.5 Å². The maximum Gasteiger partial charge on any atom is 0.164 e. The summed E-state index contributed by atoms with van der Waals surface area (Å²) in [6.07, 6.45) is 10.3. The van der Waals surface area contributed by atoms with Crippen LogP contribution in [0.2, 0.25) is 0 Å². The molecule has 170 valence electrons. The van der Waals surface area contributed by atoms with Crippen LogP contribution in [-0.4, -0.2) is 43.2 Å². The number of nitrogens with zero attached hydrogens (tertiary/aromatic N) is 6. The summed E-state index contributed by atoms with van der Waals surface area (Å²) in [6.45, 7) is 4.93. The SMILES string of the molecule is CCCCN(C)Cc1cccc(-c2nc(NCc3ccncc3)c3cnn(C4CC4)c3n2)c1. The number of rotatable bonds is 10. The van der Waals surface area contributed by atoms with Crippen molar-refractivity contribution >= 4 is 16.9 Å². The van der Waals surface area contributed by atoms with Gasteiger partial charge in [0, 0.05) is 31.0 Å². The third kappa shape index (κ3) is 5.03. The number of benzene rings is 1. The van der Waals surface area contributed by atoms with E-state index in [1.54, 1.807) is 0 Å². The predicted molar refractivity (Wildman–Crippen MR) is 132 cm³/mol. The van der Waals surface area contributed by atoms with Gasteiger partial charge in [0.1, 0.15) is 5.82 Å². The molecule has 1 fully saturated rings. The van der Waals surface area contributed by atoms with Gasteiger partial charge in [-0.05, 0) is 62.2 Å². The molecule has 4 aromatic rings. The molecule has 0 aliphatic heterocycles. The Hall–Kier alpha value is -3.32. The maximum absolute atomic E-state index is 4.98. The van der Waals surface area contributed by atoms with Crippen LogP contribution in [0.15, 0.2) is 55.0 Å². The Morgan fingerprint density at radius 1 is 1.09 bits per heavy atom. The average Bonchev–Trinajstić information content (AvgIpc) is 3.60. The van der Waals surface area contributed by atoms with E-state index < -0.39 is 0 Å². The number of hydrogen-bond acceptors (Lipinski definition) is 6. The summed E-state index contributed by atoms with van der Waals surface area (Å²) in [5.41, 5.74) is 4.38. The lowest BCUT2D eigenvalue weighted by Gasteiger charge is -2.16. The van der Waals surface area contributed by atoms with Crippen molar-refractivity contribution in [3.8, 4) is 11.4 Å². The zero-order valence-corrected chi connectivity index (χ0v) is 19.4. The molecule has 0 unspecified atom stereocenters. The van der Waals surface area contributed by atoms with E-state index >= 15 is 0 Å². The molecular formula is C26H31N7. The Bertz CT molecular complexity index is 1210. The van der Waals surface area contributed by atoms with Gasteiger partial charge in [0.05, 0.1) is 17.6 Å². The molecule has 1 aliphatic carbocycles. The molecule has 0 amide bonds. The number of aromatic nitrogens is 5. The van der Waals surface area contributed by atoms with Gasteiger partial charge in [0.2, 0.25) is 0 Å². The second-order valence-electron chi connectivity index (χ2n) is 8.95. The molecule has 0 spiro atoms. The highest BCUT2D eigenvalue weighted by Crippen LogP contribution is 2.37. The van der Waals surface area contributed by atoms with Crippen LogP contribution in [-0.2, 0) is 13.1 Å². The van der Waals surface area contributed by atoms with Crippen molar-refractivity contribution in [1.82, 2.24) is 29.6 Å². The van der Waals surface area contributed by atoms with Crippen molar-refractivity contribution in [3.63, 3.8) is 0 Å². The smallest absolute Gasteiger partial charge is 0.164 e. The molecule has 1 N–H and O–H groups in total. The van der Waals surface area contributed by atoms with Crippen LogP contribution in [0.4, 0.5) is 5.82 Å². The summed E-state index contributed by atoms with van der Waals surface area (Å²) in [4.78, 5) is 16.4. The molecule has 1 aliphatic rings. The van der Waals surface area contributed by atoms with Crippen LogP contribution >= 0.6 is 0 Å². The van der Waals surface area contributed by atoms with Crippen LogP contribution in [0.1, 0.15) is 49.8 Å². The molecule has 0 saturated heterocycles. The van der Waals surface area contributed by atoms with E-state index in [0.717, 1.165) is 59.7 Å². The van der Waals surface area contributed by atoms with Gasteiger partial charge in [-0.1, -0.05) is 31.5 Å². The van der Waals surface area contributed by atoms with E-state index in [9.17, 15) is 0 Å². The van der Waals surface area contributed by atoms with Crippen molar-refractivity contribution in [1.29, 1.82) is 0 Å². The number of hydrogen-bond donors (Lipinski definition) is 1. The second kappa shape index (κ2) is 9.67. The van der Waals surface area contributed by atoms with Gasteiger partial charge in [-0.2, -0.15) is 5.10 Å². The first-order valence-corrected chi connectivity index (χ1v) is 11.9. The Labute approximate surface area is 194 Å². The lowest BCUT2D eigenvalue weighted by molar-refractivity contribution is 0.321. The summed E-state index contributed by atoms with van der Waals surface area (Å²) in [6, 6.07) is 13.1. The number of nitrogens with one attached hydrogen (secondary N) is 1. The first kappa shape index (κ1) is 21.5. The fraction of sp³-hybridized carbons (Fsp3) is 0.385. The highest BCUT2D eigenvalue weighted by atomic mass is 15.3. The van der Waals surface area contributed by atoms with Crippen LogP contribution < -0.4 is 5.32 Å². The first-order chi connectivity index (χ1) is 16.2. The Morgan fingerprint density at radius 2 is 1.94 bits per heavy atom. The maximum atomic E-state index is 4.98. The number of pyridine rings is 1. The van der Waals surface area contributed by atoms with Crippen molar-refractivity contribution in [2.24, 2.45) is 0 Å². The minimum Gasteiger partial charge on any atom is -0.365 e. The van der Waals surface area contributed by atoms with Gasteiger partial charge >= 0.3 is 0 Å². The molecule has 33 heavy (non-hydrogen) atoms. The lowest BCUT2D eigenvalue weighted by Crippen LogP contribution is -2.18. The largest absolute Gasteiger partial charge is 0.365 e. The highest BCUT2D eigenvalue weighted by Gasteiger charge is 2.27. The summed E-state index contributed by atoms with van der Waals surface area (Å²) < 4.78 is 2.07. The highest BCUT2D eigenvalue weighted by molar-refractivity contribution is 5.88. The molecule has 3 heterocycles. The number of unbranched alkanes of at least 4 members (excludes halogenated alkanes) is 1. The molecule has 0 atom stereocenters. The topological polar surface area (TPSA) is 71.8 Å². The van der Waals surface area contributed by atoms with E-state index in [0.29, 0.717) is 12.6 Å². The summed E-state index contributed by atoms with van der Waals surface area (Å²) >= 11 is 0. The quantitative estimate of drug-likeness (QED) is 0.371. The van der Waals surface area contributed by atoms with Crippen molar-refractivity contribution < 1.29 is 0 Å². The van der Waals surface area contributed by atoms with Crippen molar-refractivity contribution in [3.05, 3.63) is 66.1 Å². The van der Waals surface area contributed by atoms with E-state index in [1.165, 1.54) is 18.4 Å². The van der Waals surface area contributed by atoms with Crippen LogP contribution in [0.3, 0.4) is 0 Å². The number of fused-ring (bicyclic) bond motifs is 1. The Morgan fingerprint density at radius 3 is 2.73 bits per heavy atom. The van der Waals surface area contributed by atoms with Crippen molar-refractivity contribution in [2.75, 3.05) is 18.9 Å². The minimum atomic E-state index is 0.455. The standard InChI is InChI=1S/C26H31N7/c1-3-4-14-32(2)18-20-6-5-7-21(15-20)24-30-25(28-16-19-10-12-27-13-11-19)23-17-29-33(22-8-9-22)26(23)31-24/h5-7,10-13,15,17,22H,3-4,8-9,14,16,18H2,1-2H3,(H,28,30,31). The third-order valence-corrected chi connectivity index (χ3v) is 6.09. The third-order valence-electron chi connectivity index (χ3n) is 6.09. The molecular weight excluding hydrogens is 410 g/mol. The zero-order chi connectivity index (χ0) is 22.6. The van der Waals surface area contributed by atoms with Crippen LogP contribution in [0, 0.1) is 0 Å². The Balaban J connectivity index is 1.47. The van der Waals surface area contributed by atoms with E-state index in [1.807, 2.05) is 30.7 Å². The van der Waals surface area contributed by atoms with E-state index in [-0.39, 0.29) is 0 Å². The molecule has 1 saturated carbocycles. The molecule has 0 radical (unpaired) electrons. The normalized spacial score (nSPS) is 13.7. The van der Waals surface area contributed by atoms with Gasteiger partial charge in [-0.3, -0.25) is 4.98 Å². The Kier molecular flexibility index (Phi) is 6.30. The summed E-state index contributed by atoms with van der Waals surface area (Å²) in [5.74, 6) is 1.56. The average molecular weight is 442 g/mol. The molecule has 7 heteroatoms. The van der Waals surface area contributed by atoms with Crippen LogP contribution in [0.25, 0.3) is 22.4 Å². The first-order valence-electron chi connectivity index (χ1n) is 11.9.